The number of amides is 1. The van der Waals surface area contributed by atoms with E-state index in [4.69, 9.17) is 27.0 Å². The van der Waals surface area contributed by atoms with Crippen molar-refractivity contribution in [3.63, 3.8) is 0 Å². The number of hydrogen-bond acceptors (Lipinski definition) is 4. The maximum atomic E-state index is 11.8. The summed E-state index contributed by atoms with van der Waals surface area (Å²) in [5, 5.41) is 2.66. The van der Waals surface area contributed by atoms with Crippen LogP contribution in [-0.2, 0) is 13.8 Å². The highest BCUT2D eigenvalue weighted by atomic mass is 35.7. The van der Waals surface area contributed by atoms with Crippen molar-refractivity contribution in [2.75, 3.05) is 20.3 Å². The summed E-state index contributed by atoms with van der Waals surface area (Å²) in [7, 11) is 2.88. The normalized spacial score (nSPS) is 11.3. The lowest BCUT2D eigenvalue weighted by molar-refractivity contribution is 0.0951. The van der Waals surface area contributed by atoms with Gasteiger partial charge in [-0.2, -0.15) is 0 Å². The molecule has 1 amide bonds. The third kappa shape index (κ3) is 5.28. The monoisotopic (exact) mass is 339 g/mol. The van der Waals surface area contributed by atoms with E-state index in [0.29, 0.717) is 13.2 Å². The van der Waals surface area contributed by atoms with Crippen LogP contribution in [0.2, 0.25) is 5.02 Å². The molecule has 0 unspecified atom stereocenters. The molecule has 0 atom stereocenters. The third-order valence-corrected chi connectivity index (χ3v) is 4.32. The van der Waals surface area contributed by atoms with E-state index in [1.807, 2.05) is 0 Å². The number of methoxy groups -OCH3 is 1. The fourth-order valence-electron chi connectivity index (χ4n) is 1.51. The lowest BCUT2D eigenvalue weighted by atomic mass is 10.2. The van der Waals surface area contributed by atoms with Crippen molar-refractivity contribution in [3.05, 3.63) is 28.8 Å². The highest BCUT2D eigenvalue weighted by molar-refractivity contribution is 8.13. The molecule has 1 aromatic rings. The van der Waals surface area contributed by atoms with Gasteiger partial charge in [-0.15, -0.1) is 0 Å². The molecule has 0 fully saturated rings. The highest BCUT2D eigenvalue weighted by Crippen LogP contribution is 2.25. The molecule has 0 spiro atoms. The fourth-order valence-corrected chi connectivity index (χ4v) is 3.00. The molecule has 0 saturated carbocycles. The number of halogens is 2. The number of hydrogen-bond donors (Lipinski definition) is 1. The lowest BCUT2D eigenvalue weighted by Crippen LogP contribution is -2.24. The minimum absolute atomic E-state index is 0.0170. The van der Waals surface area contributed by atoms with Gasteiger partial charge in [0.05, 0.1) is 5.02 Å². The van der Waals surface area contributed by atoms with Crippen LogP contribution >= 0.6 is 22.3 Å². The maximum absolute atomic E-state index is 11.8. The molecule has 0 aliphatic heterocycles. The van der Waals surface area contributed by atoms with Gasteiger partial charge >= 0.3 is 0 Å². The Morgan fingerprint density at radius 1 is 1.35 bits per heavy atom. The Bertz CT molecular complexity index is 575. The second-order valence-electron chi connectivity index (χ2n) is 4.04. The molecule has 0 saturated heterocycles. The Labute approximate surface area is 127 Å². The molecule has 0 aliphatic carbocycles. The third-order valence-electron chi connectivity index (χ3n) is 2.52. The van der Waals surface area contributed by atoms with Gasteiger partial charge in [-0.25, -0.2) is 8.42 Å². The van der Waals surface area contributed by atoms with Crippen LogP contribution in [0.5, 0.6) is 0 Å². The standard InChI is InChI=1S/C12H15Cl2NO4S/c1-19-7-3-2-6-15-12(16)9-4-5-10(13)11(8-9)20(14,17)18/h4-5,8H,2-3,6-7H2,1H3,(H,15,16). The Kier molecular flexibility index (Phi) is 6.75. The van der Waals surface area contributed by atoms with E-state index in [1.165, 1.54) is 12.1 Å². The van der Waals surface area contributed by atoms with Gasteiger partial charge in [0.25, 0.3) is 15.0 Å². The van der Waals surface area contributed by atoms with Gasteiger partial charge in [0.2, 0.25) is 0 Å². The Balaban J connectivity index is 2.70. The van der Waals surface area contributed by atoms with Crippen molar-refractivity contribution >= 4 is 37.2 Å². The molecule has 20 heavy (non-hydrogen) atoms. The number of benzene rings is 1. The fraction of sp³-hybridized carbons (Fsp3) is 0.417. The summed E-state index contributed by atoms with van der Waals surface area (Å²) in [5.74, 6) is -0.374. The van der Waals surface area contributed by atoms with Crippen LogP contribution < -0.4 is 5.32 Å². The molecule has 0 heterocycles. The van der Waals surface area contributed by atoms with Crippen LogP contribution in [0.25, 0.3) is 0 Å². The predicted molar refractivity (Wildman–Crippen MR) is 77.9 cm³/mol. The van der Waals surface area contributed by atoms with Gasteiger partial charge in [-0.3, -0.25) is 4.79 Å². The van der Waals surface area contributed by atoms with Crippen LogP contribution in [0, 0.1) is 0 Å². The quantitative estimate of drug-likeness (QED) is 0.611. The van der Waals surface area contributed by atoms with E-state index >= 15 is 0 Å². The summed E-state index contributed by atoms with van der Waals surface area (Å²) in [6.07, 6.45) is 1.60. The van der Waals surface area contributed by atoms with E-state index in [1.54, 1.807) is 7.11 Å². The van der Waals surface area contributed by atoms with Gasteiger partial charge in [-0.05, 0) is 31.0 Å². The molecular weight excluding hydrogens is 325 g/mol. The first-order chi connectivity index (χ1) is 9.36. The van der Waals surface area contributed by atoms with Crippen LogP contribution in [0.15, 0.2) is 23.1 Å². The van der Waals surface area contributed by atoms with E-state index in [0.717, 1.165) is 18.9 Å². The molecule has 112 valence electrons. The zero-order valence-electron chi connectivity index (χ0n) is 10.9. The summed E-state index contributed by atoms with van der Waals surface area (Å²) in [6, 6.07) is 3.93. The second kappa shape index (κ2) is 7.83. The topological polar surface area (TPSA) is 72.5 Å². The highest BCUT2D eigenvalue weighted by Gasteiger charge is 2.17. The van der Waals surface area contributed by atoms with Crippen molar-refractivity contribution in [3.8, 4) is 0 Å². The van der Waals surface area contributed by atoms with Crippen LogP contribution in [0.3, 0.4) is 0 Å². The first kappa shape index (κ1) is 17.2. The number of carbonyl (C=O) groups is 1. The van der Waals surface area contributed by atoms with Crippen molar-refractivity contribution in [2.45, 2.75) is 17.7 Å². The molecule has 0 bridgehead atoms. The summed E-state index contributed by atoms with van der Waals surface area (Å²) >= 11 is 5.74. The molecule has 1 aromatic carbocycles. The van der Waals surface area contributed by atoms with Crippen molar-refractivity contribution in [1.29, 1.82) is 0 Å². The Hall–Kier alpha value is -0.820. The van der Waals surface area contributed by atoms with Gasteiger partial charge < -0.3 is 10.1 Å². The number of nitrogens with one attached hydrogen (secondary N) is 1. The zero-order chi connectivity index (χ0) is 15.2. The molecule has 1 rings (SSSR count). The first-order valence-electron chi connectivity index (χ1n) is 5.87. The molecule has 0 aromatic heterocycles. The van der Waals surface area contributed by atoms with Crippen LogP contribution in [0.4, 0.5) is 0 Å². The number of rotatable bonds is 7. The summed E-state index contributed by atoms with van der Waals surface area (Å²) in [4.78, 5) is 11.6. The predicted octanol–water partition coefficient (Wildman–Crippen LogP) is 2.42. The minimum atomic E-state index is -3.98. The largest absolute Gasteiger partial charge is 0.385 e. The molecule has 8 heteroatoms. The van der Waals surface area contributed by atoms with Crippen molar-refractivity contribution in [1.82, 2.24) is 5.32 Å². The smallest absolute Gasteiger partial charge is 0.262 e. The van der Waals surface area contributed by atoms with Crippen LogP contribution in [-0.4, -0.2) is 34.6 Å². The van der Waals surface area contributed by atoms with E-state index in [2.05, 4.69) is 5.32 Å². The average Bonchev–Trinajstić information content (AvgIpc) is 2.37. The SMILES string of the molecule is COCCCCNC(=O)c1ccc(Cl)c(S(=O)(=O)Cl)c1. The second-order valence-corrected chi connectivity index (χ2v) is 6.98. The Morgan fingerprint density at radius 2 is 2.05 bits per heavy atom. The Morgan fingerprint density at radius 3 is 2.65 bits per heavy atom. The summed E-state index contributed by atoms with van der Waals surface area (Å²) in [5.41, 5.74) is 0.195. The molecule has 1 N–H and O–H groups in total. The number of unbranched alkanes of at least 4 members (excludes halogenated alkanes) is 1. The maximum Gasteiger partial charge on any atom is 0.262 e. The first-order valence-corrected chi connectivity index (χ1v) is 8.56. The molecule has 0 aliphatic rings. The summed E-state index contributed by atoms with van der Waals surface area (Å²) < 4.78 is 27.5. The van der Waals surface area contributed by atoms with Crippen molar-refractivity contribution in [2.24, 2.45) is 0 Å². The van der Waals surface area contributed by atoms with Gasteiger partial charge in [0.1, 0.15) is 4.90 Å². The zero-order valence-corrected chi connectivity index (χ0v) is 13.2. The van der Waals surface area contributed by atoms with E-state index in [-0.39, 0.29) is 21.4 Å². The van der Waals surface area contributed by atoms with E-state index in [9.17, 15) is 13.2 Å². The average molecular weight is 340 g/mol. The van der Waals surface area contributed by atoms with Gasteiger partial charge in [0.15, 0.2) is 0 Å². The van der Waals surface area contributed by atoms with Gasteiger partial charge in [-0.1, -0.05) is 11.6 Å². The van der Waals surface area contributed by atoms with Crippen LogP contribution in [0.1, 0.15) is 23.2 Å². The number of ether oxygens (including phenoxy) is 1. The molecule has 0 radical (unpaired) electrons. The van der Waals surface area contributed by atoms with Crippen molar-refractivity contribution < 1.29 is 17.9 Å². The minimum Gasteiger partial charge on any atom is -0.385 e. The van der Waals surface area contributed by atoms with E-state index < -0.39 is 9.05 Å². The lowest BCUT2D eigenvalue weighted by Gasteiger charge is -2.07. The molecule has 5 nitrogen and oxygen atoms in total. The number of carbonyl (C=O) groups excluding carboxylic acids is 1. The summed E-state index contributed by atoms with van der Waals surface area (Å²) in [6.45, 7) is 1.11. The molecular formula is C12H15Cl2NO4S. The van der Waals surface area contributed by atoms with Gasteiger partial charge in [0, 0.05) is 36.5 Å².